The highest BCUT2D eigenvalue weighted by atomic mass is 16.2. The fourth-order valence-corrected chi connectivity index (χ4v) is 2.59. The van der Waals surface area contributed by atoms with E-state index >= 15 is 0 Å². The van der Waals surface area contributed by atoms with Gasteiger partial charge in [0.1, 0.15) is 12.9 Å². The molecule has 6 heteroatoms. The zero-order chi connectivity index (χ0) is 11.0. The second-order valence-electron chi connectivity index (χ2n) is 4.27. The van der Waals surface area contributed by atoms with E-state index in [0.717, 1.165) is 19.3 Å². The third kappa shape index (κ3) is 1.50. The molecule has 16 heavy (non-hydrogen) atoms. The van der Waals surface area contributed by atoms with E-state index in [4.69, 9.17) is 0 Å². The van der Waals surface area contributed by atoms with Crippen molar-refractivity contribution in [1.29, 1.82) is 0 Å². The summed E-state index contributed by atoms with van der Waals surface area (Å²) < 4.78 is 1.47. The Morgan fingerprint density at radius 3 is 3.12 bits per heavy atom. The molecule has 2 aliphatic rings. The van der Waals surface area contributed by atoms with Crippen LogP contribution in [0.25, 0.3) is 0 Å². The van der Waals surface area contributed by atoms with Crippen LogP contribution in [0.4, 0.5) is 0 Å². The van der Waals surface area contributed by atoms with Crippen LogP contribution in [0.5, 0.6) is 0 Å². The fourth-order valence-electron chi connectivity index (χ4n) is 2.59. The molecule has 1 fully saturated rings. The molecule has 0 aliphatic carbocycles. The van der Waals surface area contributed by atoms with E-state index in [1.165, 1.54) is 11.0 Å². The first-order chi connectivity index (χ1) is 7.84. The molecule has 2 unspecified atom stereocenters. The van der Waals surface area contributed by atoms with Gasteiger partial charge in [0.2, 0.25) is 5.91 Å². The van der Waals surface area contributed by atoms with Gasteiger partial charge < -0.3 is 4.90 Å². The molecule has 0 aromatic carbocycles. The van der Waals surface area contributed by atoms with Gasteiger partial charge in [0, 0.05) is 6.04 Å². The van der Waals surface area contributed by atoms with E-state index in [1.807, 2.05) is 4.90 Å². The van der Waals surface area contributed by atoms with Crippen molar-refractivity contribution in [2.45, 2.75) is 37.9 Å². The Bertz CT molecular complexity index is 413. The molecule has 2 bridgehead atoms. The Balaban J connectivity index is 1.74. The molecule has 1 saturated heterocycles. The van der Waals surface area contributed by atoms with Crippen molar-refractivity contribution in [2.24, 2.45) is 0 Å². The number of aromatic nitrogens is 4. The van der Waals surface area contributed by atoms with Gasteiger partial charge in [0.25, 0.3) is 0 Å². The molecule has 2 aliphatic heterocycles. The molecule has 2 atom stereocenters. The predicted octanol–water partition coefficient (Wildman–Crippen LogP) is -0.00740. The number of fused-ring (bicyclic) bond motifs is 2. The van der Waals surface area contributed by atoms with Crippen molar-refractivity contribution < 1.29 is 4.79 Å². The number of carbonyl (C=O) groups excluding carboxylic acids is 1. The molecule has 1 aromatic rings. The summed E-state index contributed by atoms with van der Waals surface area (Å²) in [6.07, 6.45) is 8.98. The number of amides is 1. The lowest BCUT2D eigenvalue weighted by atomic mass is 10.1. The quantitative estimate of drug-likeness (QED) is 0.656. The van der Waals surface area contributed by atoms with Gasteiger partial charge in [0.15, 0.2) is 0 Å². The van der Waals surface area contributed by atoms with Gasteiger partial charge in [-0.05, 0) is 29.7 Å². The molecule has 3 rings (SSSR count). The minimum absolute atomic E-state index is 0.115. The molecule has 0 spiro atoms. The SMILES string of the molecule is O=C(Cn1cnnn1)N1C2C=CCC1CC2. The summed E-state index contributed by atoms with van der Waals surface area (Å²) in [5.74, 6) is 0.115. The van der Waals surface area contributed by atoms with Crippen LogP contribution in [0.2, 0.25) is 0 Å². The van der Waals surface area contributed by atoms with Crippen LogP contribution in [0.1, 0.15) is 19.3 Å². The molecule has 84 valence electrons. The maximum absolute atomic E-state index is 12.1. The first-order valence-electron chi connectivity index (χ1n) is 5.53. The lowest BCUT2D eigenvalue weighted by Gasteiger charge is -2.31. The monoisotopic (exact) mass is 219 g/mol. The Morgan fingerprint density at radius 2 is 2.38 bits per heavy atom. The van der Waals surface area contributed by atoms with E-state index in [2.05, 4.69) is 27.7 Å². The summed E-state index contributed by atoms with van der Waals surface area (Å²) in [6, 6.07) is 0.682. The predicted molar refractivity (Wildman–Crippen MR) is 55.2 cm³/mol. The van der Waals surface area contributed by atoms with Crippen LogP contribution in [0.3, 0.4) is 0 Å². The van der Waals surface area contributed by atoms with E-state index in [9.17, 15) is 4.79 Å². The van der Waals surface area contributed by atoms with Crippen molar-refractivity contribution in [3.05, 3.63) is 18.5 Å². The lowest BCUT2D eigenvalue weighted by Crippen LogP contribution is -2.43. The second kappa shape index (κ2) is 3.70. The van der Waals surface area contributed by atoms with Crippen LogP contribution in [-0.2, 0) is 11.3 Å². The number of rotatable bonds is 2. The number of hydrogen-bond donors (Lipinski definition) is 0. The highest BCUT2D eigenvalue weighted by Gasteiger charge is 2.36. The normalized spacial score (nSPS) is 27.4. The maximum Gasteiger partial charge on any atom is 0.245 e. The molecule has 0 saturated carbocycles. The fraction of sp³-hybridized carbons (Fsp3) is 0.600. The standard InChI is InChI=1S/C10H13N5O/c16-10(6-14-7-11-12-13-14)15-8-2-1-3-9(15)5-4-8/h1-2,7-9H,3-6H2. The first-order valence-corrected chi connectivity index (χ1v) is 5.53. The Morgan fingerprint density at radius 1 is 1.44 bits per heavy atom. The van der Waals surface area contributed by atoms with Crippen LogP contribution in [0, 0.1) is 0 Å². The molecule has 0 radical (unpaired) electrons. The first kappa shape index (κ1) is 9.50. The van der Waals surface area contributed by atoms with E-state index in [1.54, 1.807) is 0 Å². The van der Waals surface area contributed by atoms with Gasteiger partial charge in [-0.15, -0.1) is 5.10 Å². The van der Waals surface area contributed by atoms with Crippen molar-refractivity contribution in [3.8, 4) is 0 Å². The highest BCUT2D eigenvalue weighted by molar-refractivity contribution is 5.77. The zero-order valence-corrected chi connectivity index (χ0v) is 8.86. The van der Waals surface area contributed by atoms with Crippen LogP contribution >= 0.6 is 0 Å². The van der Waals surface area contributed by atoms with Gasteiger partial charge in [-0.25, -0.2) is 4.68 Å². The molecular weight excluding hydrogens is 206 g/mol. The van der Waals surface area contributed by atoms with Gasteiger partial charge >= 0.3 is 0 Å². The van der Waals surface area contributed by atoms with E-state index in [-0.39, 0.29) is 12.5 Å². The Kier molecular flexibility index (Phi) is 2.19. The number of carbonyl (C=O) groups is 1. The lowest BCUT2D eigenvalue weighted by molar-refractivity contribution is -0.134. The summed E-state index contributed by atoms with van der Waals surface area (Å²) in [7, 11) is 0. The van der Waals surface area contributed by atoms with Crippen molar-refractivity contribution >= 4 is 5.91 Å². The maximum atomic E-state index is 12.1. The molecule has 6 nitrogen and oxygen atoms in total. The number of tetrazole rings is 1. The largest absolute Gasteiger partial charge is 0.331 e. The molecule has 1 aromatic heterocycles. The third-order valence-electron chi connectivity index (χ3n) is 3.29. The molecule has 1 amide bonds. The topological polar surface area (TPSA) is 63.9 Å². The van der Waals surface area contributed by atoms with Crippen molar-refractivity contribution in [2.75, 3.05) is 0 Å². The van der Waals surface area contributed by atoms with Gasteiger partial charge in [0.05, 0.1) is 6.04 Å². The summed E-state index contributed by atoms with van der Waals surface area (Å²) in [5, 5.41) is 10.8. The third-order valence-corrected chi connectivity index (χ3v) is 3.29. The van der Waals surface area contributed by atoms with Crippen LogP contribution in [0.15, 0.2) is 18.5 Å². The summed E-state index contributed by atoms with van der Waals surface area (Å²) in [6.45, 7) is 0.244. The number of nitrogens with zero attached hydrogens (tertiary/aromatic N) is 5. The van der Waals surface area contributed by atoms with E-state index < -0.39 is 0 Å². The van der Waals surface area contributed by atoms with E-state index in [0.29, 0.717) is 12.1 Å². The van der Waals surface area contributed by atoms with Gasteiger partial charge in [-0.1, -0.05) is 12.2 Å². The Labute approximate surface area is 92.9 Å². The second-order valence-corrected chi connectivity index (χ2v) is 4.27. The Hall–Kier alpha value is -1.72. The molecule has 3 heterocycles. The molecular formula is C10H13N5O. The van der Waals surface area contributed by atoms with Crippen LogP contribution < -0.4 is 0 Å². The highest BCUT2D eigenvalue weighted by Crippen LogP contribution is 2.31. The van der Waals surface area contributed by atoms with Gasteiger partial charge in [-0.3, -0.25) is 4.79 Å². The van der Waals surface area contributed by atoms with Crippen molar-refractivity contribution in [1.82, 2.24) is 25.1 Å². The average molecular weight is 219 g/mol. The average Bonchev–Trinajstić information content (AvgIpc) is 2.86. The smallest absolute Gasteiger partial charge is 0.245 e. The minimum atomic E-state index is 0.115. The summed E-state index contributed by atoms with van der Waals surface area (Å²) in [5.41, 5.74) is 0. The molecule has 0 N–H and O–H groups in total. The van der Waals surface area contributed by atoms with Crippen LogP contribution in [-0.4, -0.2) is 43.1 Å². The van der Waals surface area contributed by atoms with Gasteiger partial charge in [-0.2, -0.15) is 0 Å². The summed E-state index contributed by atoms with van der Waals surface area (Å²) in [4.78, 5) is 14.1. The minimum Gasteiger partial charge on any atom is -0.331 e. The van der Waals surface area contributed by atoms with Crippen molar-refractivity contribution in [3.63, 3.8) is 0 Å². The summed E-state index contributed by atoms with van der Waals surface area (Å²) >= 11 is 0. The zero-order valence-electron chi connectivity index (χ0n) is 8.86. The number of hydrogen-bond acceptors (Lipinski definition) is 4.